The molecule has 1 aromatic heterocycles. The van der Waals surface area contributed by atoms with Gasteiger partial charge in [-0.2, -0.15) is 5.10 Å². The van der Waals surface area contributed by atoms with Crippen molar-refractivity contribution in [3.05, 3.63) is 71.9 Å². The number of phenols is 1. The molecular weight excluding hydrogens is 326 g/mol. The number of carbonyl (C=O) groups is 1. The van der Waals surface area contributed by atoms with Gasteiger partial charge in [0.2, 0.25) is 0 Å². The first kappa shape index (κ1) is 16.4. The first-order chi connectivity index (χ1) is 12.7. The average molecular weight is 347 g/mol. The summed E-state index contributed by atoms with van der Waals surface area (Å²) in [6, 6.07) is 19.1. The highest BCUT2D eigenvalue weighted by molar-refractivity contribution is 5.93. The maximum Gasteiger partial charge on any atom is 0.271 e. The van der Waals surface area contributed by atoms with Gasteiger partial charge in [-0.05, 0) is 36.6 Å². The maximum absolute atomic E-state index is 12.9. The number of aromatic amines is 1. The van der Waals surface area contributed by atoms with Crippen molar-refractivity contribution in [3.63, 3.8) is 0 Å². The number of likely N-dealkylation sites (tertiary alicyclic amines) is 1. The van der Waals surface area contributed by atoms with Gasteiger partial charge in [0.1, 0.15) is 11.4 Å². The molecule has 0 unspecified atom stereocenters. The number of para-hydroxylation sites is 1. The molecule has 1 aliphatic heterocycles. The monoisotopic (exact) mass is 347 g/mol. The Bertz CT molecular complexity index is 904. The Hall–Kier alpha value is -3.08. The van der Waals surface area contributed by atoms with Crippen LogP contribution in [0.25, 0.3) is 11.3 Å². The van der Waals surface area contributed by atoms with Crippen molar-refractivity contribution in [1.29, 1.82) is 0 Å². The number of amides is 1. The van der Waals surface area contributed by atoms with Crippen LogP contribution in [0.1, 0.15) is 34.8 Å². The number of benzene rings is 2. The topological polar surface area (TPSA) is 69.2 Å². The summed E-state index contributed by atoms with van der Waals surface area (Å²) < 4.78 is 0. The van der Waals surface area contributed by atoms with Crippen LogP contribution < -0.4 is 0 Å². The number of phenolic OH excluding ortho intramolecular Hbond substituents is 1. The lowest BCUT2D eigenvalue weighted by Crippen LogP contribution is -2.39. The minimum absolute atomic E-state index is 0.0418. The zero-order chi connectivity index (χ0) is 17.9. The second-order valence-electron chi connectivity index (χ2n) is 6.69. The number of rotatable bonds is 3. The van der Waals surface area contributed by atoms with Crippen LogP contribution in [0.15, 0.2) is 60.7 Å². The van der Waals surface area contributed by atoms with E-state index in [2.05, 4.69) is 22.3 Å². The number of hydrogen-bond donors (Lipinski definition) is 2. The molecule has 5 heteroatoms. The van der Waals surface area contributed by atoms with Crippen LogP contribution in [0, 0.1) is 0 Å². The highest BCUT2D eigenvalue weighted by Gasteiger charge is 2.26. The van der Waals surface area contributed by atoms with Crippen LogP contribution >= 0.6 is 0 Å². The molecule has 4 rings (SSSR count). The van der Waals surface area contributed by atoms with E-state index in [4.69, 9.17) is 0 Å². The predicted octanol–water partition coefficient (Wildman–Crippen LogP) is 3.80. The number of piperidine rings is 1. The summed E-state index contributed by atoms with van der Waals surface area (Å²) in [5, 5.41) is 17.0. The van der Waals surface area contributed by atoms with E-state index < -0.39 is 0 Å². The molecule has 2 heterocycles. The Balaban J connectivity index is 1.52. The van der Waals surface area contributed by atoms with E-state index in [1.54, 1.807) is 24.3 Å². The van der Waals surface area contributed by atoms with Gasteiger partial charge in [0.05, 0.1) is 5.69 Å². The second-order valence-corrected chi connectivity index (χ2v) is 6.69. The first-order valence-corrected chi connectivity index (χ1v) is 8.90. The molecule has 1 fully saturated rings. The SMILES string of the molecule is O=C(c1cc(-c2ccccc2O)n[nH]1)N1CCC[C@@H](c2ccccc2)C1. The molecule has 5 nitrogen and oxygen atoms in total. The molecule has 0 spiro atoms. The Morgan fingerprint density at radius 2 is 1.88 bits per heavy atom. The van der Waals surface area contributed by atoms with E-state index in [-0.39, 0.29) is 11.7 Å². The Labute approximate surface area is 152 Å². The molecule has 0 saturated carbocycles. The van der Waals surface area contributed by atoms with Gasteiger partial charge in [-0.15, -0.1) is 0 Å². The van der Waals surface area contributed by atoms with Crippen LogP contribution in [-0.2, 0) is 0 Å². The van der Waals surface area contributed by atoms with Crippen molar-refractivity contribution in [2.75, 3.05) is 13.1 Å². The first-order valence-electron chi connectivity index (χ1n) is 8.90. The maximum atomic E-state index is 12.9. The summed E-state index contributed by atoms with van der Waals surface area (Å²) >= 11 is 0. The fourth-order valence-corrected chi connectivity index (χ4v) is 3.59. The van der Waals surface area contributed by atoms with Gasteiger partial charge in [-0.1, -0.05) is 42.5 Å². The van der Waals surface area contributed by atoms with Gasteiger partial charge in [0, 0.05) is 24.6 Å². The lowest BCUT2D eigenvalue weighted by molar-refractivity contribution is 0.0701. The van der Waals surface area contributed by atoms with Crippen LogP contribution in [0.5, 0.6) is 5.75 Å². The third-order valence-electron chi connectivity index (χ3n) is 4.97. The van der Waals surface area contributed by atoms with E-state index in [0.29, 0.717) is 29.4 Å². The predicted molar refractivity (Wildman–Crippen MR) is 100 cm³/mol. The van der Waals surface area contributed by atoms with Crippen molar-refractivity contribution in [2.45, 2.75) is 18.8 Å². The fourth-order valence-electron chi connectivity index (χ4n) is 3.59. The quantitative estimate of drug-likeness (QED) is 0.757. The summed E-state index contributed by atoms with van der Waals surface area (Å²) in [4.78, 5) is 14.8. The van der Waals surface area contributed by atoms with Gasteiger partial charge in [0.15, 0.2) is 0 Å². The summed E-state index contributed by atoms with van der Waals surface area (Å²) in [7, 11) is 0. The van der Waals surface area contributed by atoms with Crippen LogP contribution in [0.3, 0.4) is 0 Å². The highest BCUT2D eigenvalue weighted by atomic mass is 16.3. The van der Waals surface area contributed by atoms with Crippen LogP contribution in [0.2, 0.25) is 0 Å². The zero-order valence-electron chi connectivity index (χ0n) is 14.4. The van der Waals surface area contributed by atoms with Gasteiger partial charge >= 0.3 is 0 Å². The fraction of sp³-hybridized carbons (Fsp3) is 0.238. The molecule has 0 aliphatic carbocycles. The molecule has 0 bridgehead atoms. The Kier molecular flexibility index (Phi) is 4.44. The molecule has 2 N–H and O–H groups in total. The zero-order valence-corrected chi connectivity index (χ0v) is 14.4. The molecular formula is C21H21N3O2. The lowest BCUT2D eigenvalue weighted by atomic mass is 9.90. The van der Waals surface area contributed by atoms with E-state index in [9.17, 15) is 9.90 Å². The summed E-state index contributed by atoms with van der Waals surface area (Å²) in [6.45, 7) is 1.47. The summed E-state index contributed by atoms with van der Waals surface area (Å²) in [6.07, 6.45) is 2.09. The Morgan fingerprint density at radius 3 is 2.69 bits per heavy atom. The molecule has 0 radical (unpaired) electrons. The Morgan fingerprint density at radius 1 is 1.12 bits per heavy atom. The number of H-pyrrole nitrogens is 1. The van der Waals surface area contributed by atoms with E-state index >= 15 is 0 Å². The third-order valence-corrected chi connectivity index (χ3v) is 4.97. The van der Waals surface area contributed by atoms with Gasteiger partial charge in [-0.25, -0.2) is 0 Å². The standard InChI is InChI=1S/C21H21N3O2/c25-20-11-5-4-10-17(20)18-13-19(23-22-18)21(26)24-12-6-9-16(14-24)15-7-2-1-3-8-15/h1-5,7-8,10-11,13,16,25H,6,9,12,14H2,(H,22,23)/t16-/m1/s1. The van der Waals surface area contributed by atoms with E-state index in [1.807, 2.05) is 29.2 Å². The van der Waals surface area contributed by atoms with Crippen LogP contribution in [-0.4, -0.2) is 39.2 Å². The number of carbonyl (C=O) groups excluding carboxylic acids is 1. The molecule has 1 amide bonds. The normalized spacial score (nSPS) is 17.2. The minimum atomic E-state index is -0.0418. The van der Waals surface area contributed by atoms with Crippen molar-refractivity contribution in [1.82, 2.24) is 15.1 Å². The molecule has 1 saturated heterocycles. The van der Waals surface area contributed by atoms with Gasteiger partial charge in [0.25, 0.3) is 5.91 Å². The number of aromatic hydroxyl groups is 1. The van der Waals surface area contributed by atoms with E-state index in [0.717, 1.165) is 19.4 Å². The summed E-state index contributed by atoms with van der Waals surface area (Å²) in [5.41, 5.74) is 2.92. The average Bonchev–Trinajstić information content (AvgIpc) is 3.18. The molecule has 2 aromatic carbocycles. The molecule has 1 atom stereocenters. The molecule has 132 valence electrons. The number of nitrogens with one attached hydrogen (secondary N) is 1. The second kappa shape index (κ2) is 7.04. The molecule has 1 aliphatic rings. The number of aromatic nitrogens is 2. The van der Waals surface area contributed by atoms with Crippen molar-refractivity contribution < 1.29 is 9.90 Å². The lowest BCUT2D eigenvalue weighted by Gasteiger charge is -2.32. The largest absolute Gasteiger partial charge is 0.507 e. The summed E-state index contributed by atoms with van der Waals surface area (Å²) in [5.74, 6) is 0.481. The number of hydrogen-bond acceptors (Lipinski definition) is 3. The van der Waals surface area contributed by atoms with Gasteiger partial charge in [-0.3, -0.25) is 9.89 Å². The minimum Gasteiger partial charge on any atom is -0.507 e. The molecule has 26 heavy (non-hydrogen) atoms. The molecule has 3 aromatic rings. The van der Waals surface area contributed by atoms with E-state index in [1.165, 1.54) is 5.56 Å². The smallest absolute Gasteiger partial charge is 0.271 e. The highest BCUT2D eigenvalue weighted by Crippen LogP contribution is 2.29. The van der Waals surface area contributed by atoms with Crippen molar-refractivity contribution in [2.24, 2.45) is 0 Å². The van der Waals surface area contributed by atoms with Crippen LogP contribution in [0.4, 0.5) is 0 Å². The van der Waals surface area contributed by atoms with Gasteiger partial charge < -0.3 is 10.0 Å². The van der Waals surface area contributed by atoms with Crippen molar-refractivity contribution in [3.8, 4) is 17.0 Å². The third kappa shape index (κ3) is 3.20. The number of nitrogens with zero attached hydrogens (tertiary/aromatic N) is 2. The van der Waals surface area contributed by atoms with Crippen molar-refractivity contribution >= 4 is 5.91 Å².